The molecule has 2 rings (SSSR count). The van der Waals surface area contributed by atoms with Crippen molar-refractivity contribution >= 4 is 11.8 Å². The third-order valence-electron chi connectivity index (χ3n) is 3.32. The maximum absolute atomic E-state index is 11.9. The first kappa shape index (κ1) is 9.69. The lowest BCUT2D eigenvalue weighted by atomic mass is 9.81. The number of amides is 2. The molecule has 14 heavy (non-hydrogen) atoms. The van der Waals surface area contributed by atoms with E-state index >= 15 is 0 Å². The molecule has 0 spiro atoms. The Morgan fingerprint density at radius 2 is 1.64 bits per heavy atom. The second-order valence-corrected chi connectivity index (χ2v) is 4.39. The average molecular weight is 194 g/mol. The zero-order chi connectivity index (χ0) is 10.3. The lowest BCUT2D eigenvalue weighted by Gasteiger charge is -2.19. The van der Waals surface area contributed by atoms with E-state index < -0.39 is 0 Å². The van der Waals surface area contributed by atoms with Crippen LogP contribution in [0.15, 0.2) is 0 Å². The summed E-state index contributed by atoms with van der Waals surface area (Å²) in [4.78, 5) is 25.1. The number of carbonyl (C=O) groups is 2. The molecule has 1 saturated heterocycles. The highest BCUT2D eigenvalue weighted by Crippen LogP contribution is 2.38. The van der Waals surface area contributed by atoms with Crippen LogP contribution < -0.4 is 0 Å². The second-order valence-electron chi connectivity index (χ2n) is 4.39. The van der Waals surface area contributed by atoms with Crippen LogP contribution in [0.1, 0.15) is 32.6 Å². The van der Waals surface area contributed by atoms with Crippen molar-refractivity contribution in [3.8, 4) is 0 Å². The molecule has 3 unspecified atom stereocenters. The van der Waals surface area contributed by atoms with Gasteiger partial charge in [0.05, 0.1) is 11.8 Å². The van der Waals surface area contributed by atoms with Gasteiger partial charge in [-0.1, -0.05) is 12.8 Å². The van der Waals surface area contributed by atoms with Gasteiger partial charge in [-0.15, -0.1) is 0 Å². The first-order valence-corrected chi connectivity index (χ1v) is 5.33. The summed E-state index contributed by atoms with van der Waals surface area (Å²) < 4.78 is 0. The van der Waals surface area contributed by atoms with E-state index in [4.69, 9.17) is 0 Å². The summed E-state index contributed by atoms with van der Waals surface area (Å²) in [5.41, 5.74) is 0. The van der Waals surface area contributed by atoms with Crippen molar-refractivity contribution in [3.05, 3.63) is 6.92 Å². The second kappa shape index (κ2) is 3.37. The number of hydrogen-bond donors (Lipinski definition) is 0. The molecule has 0 aromatic carbocycles. The lowest BCUT2D eigenvalue weighted by molar-refractivity contribution is -0.141. The van der Waals surface area contributed by atoms with Crippen molar-refractivity contribution in [2.45, 2.75) is 38.6 Å². The van der Waals surface area contributed by atoms with Gasteiger partial charge in [0.1, 0.15) is 0 Å². The molecule has 1 radical (unpaired) electrons. The first-order chi connectivity index (χ1) is 6.63. The molecule has 0 N–H and O–H groups in total. The largest absolute Gasteiger partial charge is 0.279 e. The van der Waals surface area contributed by atoms with Crippen LogP contribution in [-0.2, 0) is 9.59 Å². The predicted molar refractivity (Wildman–Crippen MR) is 52.1 cm³/mol. The number of hydrogen-bond acceptors (Lipinski definition) is 2. The van der Waals surface area contributed by atoms with Crippen LogP contribution in [0.25, 0.3) is 0 Å². The van der Waals surface area contributed by atoms with Crippen molar-refractivity contribution in [1.82, 2.24) is 4.90 Å². The number of nitrogens with zero attached hydrogens (tertiary/aromatic N) is 1. The fraction of sp³-hybridized carbons (Fsp3) is 0.727. The minimum atomic E-state index is -0.222. The Hall–Kier alpha value is -0.860. The van der Waals surface area contributed by atoms with Crippen LogP contribution in [0.2, 0.25) is 0 Å². The summed E-state index contributed by atoms with van der Waals surface area (Å²) in [5, 5.41) is 0. The fourth-order valence-corrected chi connectivity index (χ4v) is 2.62. The third-order valence-corrected chi connectivity index (χ3v) is 3.32. The molecule has 1 aliphatic heterocycles. The molecule has 0 aromatic heterocycles. The van der Waals surface area contributed by atoms with E-state index in [-0.39, 0.29) is 29.7 Å². The smallest absolute Gasteiger partial charge is 0.233 e. The zero-order valence-electron chi connectivity index (χ0n) is 8.53. The molecule has 1 saturated carbocycles. The highest BCUT2D eigenvalue weighted by atomic mass is 16.2. The number of fused-ring (bicyclic) bond motifs is 1. The maximum atomic E-state index is 11.9. The summed E-state index contributed by atoms with van der Waals surface area (Å²) in [6, 6.07) is -0.222. The van der Waals surface area contributed by atoms with Crippen molar-refractivity contribution in [3.63, 3.8) is 0 Å². The number of imide groups is 1. The molecule has 1 aliphatic carbocycles. The minimum absolute atomic E-state index is 0.0159. The van der Waals surface area contributed by atoms with E-state index in [1.165, 1.54) is 4.90 Å². The zero-order valence-corrected chi connectivity index (χ0v) is 8.53. The van der Waals surface area contributed by atoms with Gasteiger partial charge in [-0.05, 0) is 26.7 Å². The minimum Gasteiger partial charge on any atom is -0.279 e. The molecule has 2 amide bonds. The SMILES string of the molecule is [CH2]C(C)N1C(=O)C2CCCCC2C1=O. The molecule has 3 atom stereocenters. The highest BCUT2D eigenvalue weighted by Gasteiger charge is 2.48. The van der Waals surface area contributed by atoms with Gasteiger partial charge in [-0.2, -0.15) is 0 Å². The van der Waals surface area contributed by atoms with Crippen LogP contribution in [0.3, 0.4) is 0 Å². The number of rotatable bonds is 1. The van der Waals surface area contributed by atoms with Crippen molar-refractivity contribution in [2.24, 2.45) is 11.8 Å². The Morgan fingerprint density at radius 1 is 1.21 bits per heavy atom. The Morgan fingerprint density at radius 3 is 2.00 bits per heavy atom. The van der Waals surface area contributed by atoms with E-state index in [1.54, 1.807) is 6.92 Å². The summed E-state index contributed by atoms with van der Waals surface area (Å²) in [6.07, 6.45) is 3.94. The summed E-state index contributed by atoms with van der Waals surface area (Å²) in [5.74, 6) is -0.0229. The molecule has 2 aliphatic rings. The summed E-state index contributed by atoms with van der Waals surface area (Å²) >= 11 is 0. The Kier molecular flexibility index (Phi) is 2.33. The highest BCUT2D eigenvalue weighted by molar-refractivity contribution is 6.05. The molecule has 3 nitrogen and oxygen atoms in total. The molecule has 3 heteroatoms. The first-order valence-electron chi connectivity index (χ1n) is 5.33. The van der Waals surface area contributed by atoms with E-state index in [0.717, 1.165) is 25.7 Å². The molecule has 1 heterocycles. The monoisotopic (exact) mass is 194 g/mol. The van der Waals surface area contributed by atoms with Gasteiger partial charge in [0.15, 0.2) is 0 Å². The molecule has 0 bridgehead atoms. The van der Waals surface area contributed by atoms with Crippen molar-refractivity contribution < 1.29 is 9.59 Å². The van der Waals surface area contributed by atoms with Gasteiger partial charge in [-0.3, -0.25) is 14.5 Å². The van der Waals surface area contributed by atoms with Crippen LogP contribution in [0.4, 0.5) is 0 Å². The van der Waals surface area contributed by atoms with Crippen molar-refractivity contribution in [2.75, 3.05) is 0 Å². The van der Waals surface area contributed by atoms with Gasteiger partial charge in [0, 0.05) is 6.04 Å². The normalized spacial score (nSPS) is 32.6. The maximum Gasteiger partial charge on any atom is 0.233 e. The molecule has 0 aromatic rings. The number of likely N-dealkylation sites (tertiary alicyclic amines) is 1. The van der Waals surface area contributed by atoms with Gasteiger partial charge in [0.2, 0.25) is 11.8 Å². The Labute approximate surface area is 84.5 Å². The number of carbonyl (C=O) groups excluding carboxylic acids is 2. The molecular formula is C11H16NO2. The van der Waals surface area contributed by atoms with Crippen LogP contribution in [0.5, 0.6) is 0 Å². The van der Waals surface area contributed by atoms with Crippen LogP contribution in [-0.4, -0.2) is 22.8 Å². The van der Waals surface area contributed by atoms with Gasteiger partial charge < -0.3 is 0 Å². The predicted octanol–water partition coefficient (Wildman–Crippen LogP) is 1.38. The van der Waals surface area contributed by atoms with E-state index in [2.05, 4.69) is 6.92 Å². The molecular weight excluding hydrogens is 178 g/mol. The van der Waals surface area contributed by atoms with Crippen LogP contribution >= 0.6 is 0 Å². The topological polar surface area (TPSA) is 37.4 Å². The standard InChI is InChI=1S/C11H16NO2/c1-7(2)12-10(13)8-5-3-4-6-9(8)11(12)14/h7-9H,1,3-6H2,2H3. The van der Waals surface area contributed by atoms with Crippen LogP contribution in [0, 0.1) is 18.8 Å². The Balaban J connectivity index is 2.24. The summed E-state index contributed by atoms with van der Waals surface area (Å²) in [6.45, 7) is 5.56. The summed E-state index contributed by atoms with van der Waals surface area (Å²) in [7, 11) is 0. The van der Waals surface area contributed by atoms with Gasteiger partial charge in [-0.25, -0.2) is 0 Å². The lowest BCUT2D eigenvalue weighted by Crippen LogP contribution is -2.37. The fourth-order valence-electron chi connectivity index (χ4n) is 2.62. The quantitative estimate of drug-likeness (QED) is 0.591. The molecule has 2 fully saturated rings. The van der Waals surface area contributed by atoms with Gasteiger partial charge in [0.25, 0.3) is 0 Å². The van der Waals surface area contributed by atoms with Crippen molar-refractivity contribution in [1.29, 1.82) is 0 Å². The van der Waals surface area contributed by atoms with Gasteiger partial charge >= 0.3 is 0 Å². The molecule has 77 valence electrons. The average Bonchev–Trinajstić information content (AvgIpc) is 2.41. The van der Waals surface area contributed by atoms with E-state index in [0.29, 0.717) is 0 Å². The third kappa shape index (κ3) is 1.26. The van der Waals surface area contributed by atoms with E-state index in [1.807, 2.05) is 0 Å². The van der Waals surface area contributed by atoms with E-state index in [9.17, 15) is 9.59 Å². The Bertz CT molecular complexity index is 248.